The summed E-state index contributed by atoms with van der Waals surface area (Å²) in [6.07, 6.45) is 0. The van der Waals surface area contributed by atoms with E-state index in [-0.39, 0.29) is 5.82 Å². The lowest BCUT2D eigenvalue weighted by Gasteiger charge is -2.14. The number of aromatic nitrogens is 2. The maximum Gasteiger partial charge on any atom is 0.196 e. The molecule has 0 aliphatic heterocycles. The highest BCUT2D eigenvalue weighted by molar-refractivity contribution is 14.1. The van der Waals surface area contributed by atoms with Crippen LogP contribution in [0.15, 0.2) is 72.1 Å². The Labute approximate surface area is 197 Å². The van der Waals surface area contributed by atoms with E-state index >= 15 is 0 Å². The molecule has 0 aliphatic carbocycles. The topological polar surface area (TPSA) is 29.3 Å². The zero-order chi connectivity index (χ0) is 21.5. The van der Waals surface area contributed by atoms with E-state index in [0.29, 0.717) is 11.3 Å². The van der Waals surface area contributed by atoms with Gasteiger partial charge < -0.3 is 5.32 Å². The molecule has 2 aromatic heterocycles. The highest BCUT2D eigenvalue weighted by Crippen LogP contribution is 2.39. The second kappa shape index (κ2) is 8.09. The third-order valence-electron chi connectivity index (χ3n) is 5.28. The third kappa shape index (κ3) is 3.64. The Hall–Kier alpha value is -2.71. The highest BCUT2D eigenvalue weighted by atomic mass is 127. The van der Waals surface area contributed by atoms with Crippen LogP contribution in [0.1, 0.15) is 11.1 Å². The SMILES string of the molecule is Cc1ccc(F)c(-c2nc3scc(-c4ccccc4)n3c2Nc2c(C)cccc2I)c1. The van der Waals surface area contributed by atoms with E-state index in [4.69, 9.17) is 4.98 Å². The van der Waals surface area contributed by atoms with E-state index in [9.17, 15) is 4.39 Å². The summed E-state index contributed by atoms with van der Waals surface area (Å²) in [6.45, 7) is 4.04. The number of nitrogens with one attached hydrogen (secondary N) is 1. The second-order valence-corrected chi connectivity index (χ2v) is 9.45. The number of nitrogens with zero attached hydrogens (tertiary/aromatic N) is 2. The molecule has 0 bridgehead atoms. The van der Waals surface area contributed by atoms with Crippen molar-refractivity contribution in [1.82, 2.24) is 9.38 Å². The summed E-state index contributed by atoms with van der Waals surface area (Å²) < 4.78 is 18.1. The lowest BCUT2D eigenvalue weighted by atomic mass is 10.1. The first-order valence-corrected chi connectivity index (χ1v) is 11.8. The molecule has 5 aromatic rings. The van der Waals surface area contributed by atoms with E-state index in [1.54, 1.807) is 17.4 Å². The predicted molar refractivity (Wildman–Crippen MR) is 136 cm³/mol. The Morgan fingerprint density at radius 3 is 2.58 bits per heavy atom. The van der Waals surface area contributed by atoms with Gasteiger partial charge in [-0.1, -0.05) is 54.1 Å². The number of anilines is 2. The molecule has 0 fully saturated rings. The number of imidazole rings is 1. The average Bonchev–Trinajstić information content (AvgIpc) is 3.33. The summed E-state index contributed by atoms with van der Waals surface area (Å²) in [4.78, 5) is 5.68. The molecule has 1 N–H and O–H groups in total. The van der Waals surface area contributed by atoms with Gasteiger partial charge in [-0.3, -0.25) is 4.40 Å². The van der Waals surface area contributed by atoms with Gasteiger partial charge in [0.1, 0.15) is 17.3 Å². The standard InChI is InChI=1S/C25H19FIN3S/c1-15-11-12-19(26)18(13-15)23-24(28-22-16(2)7-6-10-20(22)27)30-21(14-31-25(30)29-23)17-8-4-3-5-9-17/h3-14,28H,1-2H3. The molecule has 154 valence electrons. The quantitative estimate of drug-likeness (QED) is 0.236. The Kier molecular flexibility index (Phi) is 5.27. The van der Waals surface area contributed by atoms with Crippen LogP contribution in [-0.2, 0) is 0 Å². The normalized spacial score (nSPS) is 11.2. The fraction of sp³-hybridized carbons (Fsp3) is 0.0800. The number of hydrogen-bond donors (Lipinski definition) is 1. The molecule has 5 rings (SSSR count). The molecule has 0 spiro atoms. The smallest absolute Gasteiger partial charge is 0.196 e. The first-order valence-electron chi connectivity index (χ1n) is 9.87. The van der Waals surface area contributed by atoms with E-state index in [1.165, 1.54) is 6.07 Å². The summed E-state index contributed by atoms with van der Waals surface area (Å²) in [7, 11) is 0. The minimum Gasteiger partial charge on any atom is -0.338 e. The van der Waals surface area contributed by atoms with Crippen LogP contribution in [0.3, 0.4) is 0 Å². The van der Waals surface area contributed by atoms with E-state index in [1.807, 2.05) is 37.3 Å². The first kappa shape index (κ1) is 20.2. The highest BCUT2D eigenvalue weighted by Gasteiger charge is 2.22. The Morgan fingerprint density at radius 1 is 1.00 bits per heavy atom. The molecular weight excluding hydrogens is 520 g/mol. The van der Waals surface area contributed by atoms with Crippen LogP contribution in [0.2, 0.25) is 0 Å². The number of halogens is 2. The molecular formula is C25H19FIN3S. The predicted octanol–water partition coefficient (Wildman–Crippen LogP) is 7.83. The van der Waals surface area contributed by atoms with Crippen molar-refractivity contribution in [3.63, 3.8) is 0 Å². The number of rotatable bonds is 4. The van der Waals surface area contributed by atoms with Gasteiger partial charge in [0.05, 0.1) is 11.4 Å². The van der Waals surface area contributed by atoms with E-state index in [2.05, 4.69) is 68.9 Å². The molecule has 0 amide bonds. The van der Waals surface area contributed by atoms with Crippen molar-refractivity contribution in [1.29, 1.82) is 0 Å². The summed E-state index contributed by atoms with van der Waals surface area (Å²) in [5.41, 5.74) is 6.35. The zero-order valence-electron chi connectivity index (χ0n) is 17.0. The molecule has 6 heteroatoms. The maximum absolute atomic E-state index is 14.9. The number of fused-ring (bicyclic) bond motifs is 1. The number of benzene rings is 3. The van der Waals surface area contributed by atoms with Gasteiger partial charge in [-0.2, -0.15) is 0 Å². The zero-order valence-corrected chi connectivity index (χ0v) is 20.0. The van der Waals surface area contributed by atoms with E-state index in [0.717, 1.165) is 42.4 Å². The molecule has 0 saturated heterocycles. The average molecular weight is 539 g/mol. The Balaban J connectivity index is 1.80. The van der Waals surface area contributed by atoms with Crippen molar-refractivity contribution in [2.45, 2.75) is 13.8 Å². The second-order valence-electron chi connectivity index (χ2n) is 7.45. The van der Waals surface area contributed by atoms with E-state index < -0.39 is 0 Å². The number of thiazole rings is 1. The van der Waals surface area contributed by atoms with Gasteiger partial charge in [0.15, 0.2) is 4.96 Å². The number of aryl methyl sites for hydroxylation is 2. The van der Waals surface area contributed by atoms with Gasteiger partial charge in [-0.25, -0.2) is 9.37 Å². The van der Waals surface area contributed by atoms with Crippen molar-refractivity contribution >= 4 is 50.4 Å². The van der Waals surface area contributed by atoms with Crippen molar-refractivity contribution < 1.29 is 4.39 Å². The minimum absolute atomic E-state index is 0.278. The number of para-hydroxylation sites is 1. The largest absolute Gasteiger partial charge is 0.338 e. The molecule has 3 aromatic carbocycles. The fourth-order valence-electron chi connectivity index (χ4n) is 3.70. The van der Waals surface area contributed by atoms with Gasteiger partial charge >= 0.3 is 0 Å². The van der Waals surface area contributed by atoms with Crippen molar-refractivity contribution in [3.05, 3.63) is 92.6 Å². The third-order valence-corrected chi connectivity index (χ3v) is 7.00. The van der Waals surface area contributed by atoms with Crippen molar-refractivity contribution in [2.75, 3.05) is 5.32 Å². The van der Waals surface area contributed by atoms with Crippen LogP contribution in [-0.4, -0.2) is 9.38 Å². The van der Waals surface area contributed by atoms with Gasteiger partial charge in [0, 0.05) is 14.5 Å². The maximum atomic E-state index is 14.9. The van der Waals surface area contributed by atoms with Crippen molar-refractivity contribution in [2.24, 2.45) is 0 Å². The molecule has 0 unspecified atom stereocenters. The lowest BCUT2D eigenvalue weighted by Crippen LogP contribution is -2.02. The van der Waals surface area contributed by atoms with Crippen LogP contribution in [0.4, 0.5) is 15.9 Å². The summed E-state index contributed by atoms with van der Waals surface area (Å²) in [5, 5.41) is 5.71. The van der Waals surface area contributed by atoms with Crippen LogP contribution in [0.25, 0.3) is 27.5 Å². The van der Waals surface area contributed by atoms with Crippen LogP contribution in [0.5, 0.6) is 0 Å². The van der Waals surface area contributed by atoms with Crippen LogP contribution in [0, 0.1) is 23.2 Å². The number of hydrogen-bond acceptors (Lipinski definition) is 3. The van der Waals surface area contributed by atoms with Crippen molar-refractivity contribution in [3.8, 4) is 22.5 Å². The first-order chi connectivity index (χ1) is 15.0. The summed E-state index contributed by atoms with van der Waals surface area (Å²) >= 11 is 3.88. The van der Waals surface area contributed by atoms with Gasteiger partial charge in [0.2, 0.25) is 0 Å². The summed E-state index contributed by atoms with van der Waals surface area (Å²) in [6, 6.07) is 21.5. The summed E-state index contributed by atoms with van der Waals surface area (Å²) in [5.74, 6) is 0.493. The Bertz CT molecular complexity index is 1390. The molecule has 0 radical (unpaired) electrons. The van der Waals surface area contributed by atoms with Crippen LogP contribution < -0.4 is 5.32 Å². The van der Waals surface area contributed by atoms with Crippen LogP contribution >= 0.6 is 33.9 Å². The van der Waals surface area contributed by atoms with Gasteiger partial charge in [-0.15, -0.1) is 11.3 Å². The molecule has 0 aliphatic rings. The molecule has 3 nitrogen and oxygen atoms in total. The van der Waals surface area contributed by atoms with Gasteiger partial charge in [-0.05, 0) is 65.8 Å². The fourth-order valence-corrected chi connectivity index (χ4v) is 5.37. The molecule has 0 saturated carbocycles. The lowest BCUT2D eigenvalue weighted by molar-refractivity contribution is 0.630. The molecule has 0 atom stereocenters. The minimum atomic E-state index is -0.278. The van der Waals surface area contributed by atoms with Gasteiger partial charge in [0.25, 0.3) is 0 Å². The molecule has 31 heavy (non-hydrogen) atoms. The Morgan fingerprint density at radius 2 is 1.81 bits per heavy atom. The monoisotopic (exact) mass is 539 g/mol. The molecule has 2 heterocycles.